The molecule has 5 rings (SSSR count). The van der Waals surface area contributed by atoms with E-state index in [1.54, 1.807) is 32.4 Å². The van der Waals surface area contributed by atoms with Crippen molar-refractivity contribution in [3.05, 3.63) is 47.5 Å². The van der Waals surface area contributed by atoms with Crippen LogP contribution in [0.4, 0.5) is 5.82 Å². The first-order valence-corrected chi connectivity index (χ1v) is 12.0. The number of hydrogen-bond acceptors (Lipinski definition) is 8. The normalized spacial score (nSPS) is 16.3. The molecule has 1 amide bonds. The van der Waals surface area contributed by atoms with Crippen molar-refractivity contribution in [3.8, 4) is 23.0 Å². The number of benzene rings is 2. The second-order valence-electron chi connectivity index (χ2n) is 9.12. The molecule has 9 nitrogen and oxygen atoms in total. The fourth-order valence-corrected chi connectivity index (χ4v) is 4.76. The molecule has 0 saturated carbocycles. The van der Waals surface area contributed by atoms with Crippen LogP contribution >= 0.6 is 0 Å². The van der Waals surface area contributed by atoms with E-state index in [9.17, 15) is 4.79 Å². The fourth-order valence-electron chi connectivity index (χ4n) is 4.76. The summed E-state index contributed by atoms with van der Waals surface area (Å²) in [6, 6.07) is 11.0. The van der Waals surface area contributed by atoms with Crippen LogP contribution in [0.3, 0.4) is 0 Å². The summed E-state index contributed by atoms with van der Waals surface area (Å²) in [5.41, 5.74) is 2.14. The van der Waals surface area contributed by atoms with Crippen molar-refractivity contribution in [1.82, 2.24) is 9.88 Å². The SMILES string of the molecule is COc1ccc(OC)c2nc(N(C)C)c(CN(C[C@@H]3CCCO3)C(=O)c3ccc4c(c3)OCO4)cc12. The topological polar surface area (TPSA) is 82.6 Å². The maximum Gasteiger partial charge on any atom is 0.254 e. The Morgan fingerprint density at radius 3 is 2.56 bits per heavy atom. The highest BCUT2D eigenvalue weighted by Gasteiger charge is 2.27. The van der Waals surface area contributed by atoms with Gasteiger partial charge in [-0.3, -0.25) is 4.79 Å². The summed E-state index contributed by atoms with van der Waals surface area (Å²) in [6.45, 7) is 1.71. The molecular weight excluding hydrogens is 462 g/mol. The number of anilines is 1. The quantitative estimate of drug-likeness (QED) is 0.468. The third-order valence-corrected chi connectivity index (χ3v) is 6.54. The zero-order valence-electron chi connectivity index (χ0n) is 21.1. The average Bonchev–Trinajstić information content (AvgIpc) is 3.58. The number of ether oxygens (including phenoxy) is 5. The van der Waals surface area contributed by atoms with E-state index in [4.69, 9.17) is 28.7 Å². The van der Waals surface area contributed by atoms with Crippen molar-refractivity contribution < 1.29 is 28.5 Å². The van der Waals surface area contributed by atoms with Gasteiger partial charge in [0.25, 0.3) is 5.91 Å². The Morgan fingerprint density at radius 2 is 1.83 bits per heavy atom. The number of rotatable bonds is 8. The molecule has 2 aliphatic heterocycles. The summed E-state index contributed by atoms with van der Waals surface area (Å²) in [4.78, 5) is 22.5. The second-order valence-corrected chi connectivity index (χ2v) is 9.12. The number of carbonyl (C=O) groups excluding carboxylic acids is 1. The van der Waals surface area contributed by atoms with Crippen molar-refractivity contribution in [3.63, 3.8) is 0 Å². The molecule has 0 N–H and O–H groups in total. The van der Waals surface area contributed by atoms with Gasteiger partial charge in [-0.1, -0.05) is 0 Å². The van der Waals surface area contributed by atoms with Gasteiger partial charge in [-0.05, 0) is 49.2 Å². The highest BCUT2D eigenvalue weighted by Crippen LogP contribution is 2.36. The Morgan fingerprint density at radius 1 is 1.06 bits per heavy atom. The van der Waals surface area contributed by atoms with E-state index >= 15 is 0 Å². The zero-order chi connectivity index (χ0) is 25.2. The first-order valence-electron chi connectivity index (χ1n) is 12.0. The Kier molecular flexibility index (Phi) is 6.73. The minimum atomic E-state index is -0.105. The van der Waals surface area contributed by atoms with Crippen molar-refractivity contribution in [2.24, 2.45) is 0 Å². The molecule has 2 aliphatic rings. The largest absolute Gasteiger partial charge is 0.496 e. The highest BCUT2D eigenvalue weighted by molar-refractivity contribution is 5.96. The molecule has 0 bridgehead atoms. The Labute approximate surface area is 210 Å². The van der Waals surface area contributed by atoms with Gasteiger partial charge in [0.1, 0.15) is 22.8 Å². The summed E-state index contributed by atoms with van der Waals surface area (Å²) >= 11 is 0. The molecule has 1 saturated heterocycles. The lowest BCUT2D eigenvalue weighted by molar-refractivity contribution is 0.0507. The molecule has 1 atom stereocenters. The van der Waals surface area contributed by atoms with Crippen LogP contribution in [0, 0.1) is 0 Å². The average molecular weight is 494 g/mol. The van der Waals surface area contributed by atoms with Gasteiger partial charge >= 0.3 is 0 Å². The van der Waals surface area contributed by atoms with Crippen LogP contribution in [-0.4, -0.2) is 70.2 Å². The van der Waals surface area contributed by atoms with Crippen LogP contribution in [0.5, 0.6) is 23.0 Å². The summed E-state index contributed by atoms with van der Waals surface area (Å²) in [5, 5.41) is 0.824. The van der Waals surface area contributed by atoms with E-state index in [-0.39, 0.29) is 18.8 Å². The molecule has 3 aromatic rings. The lowest BCUT2D eigenvalue weighted by atomic mass is 10.1. The van der Waals surface area contributed by atoms with Gasteiger partial charge < -0.3 is 33.5 Å². The van der Waals surface area contributed by atoms with Crippen molar-refractivity contribution in [1.29, 1.82) is 0 Å². The molecule has 2 aromatic carbocycles. The van der Waals surface area contributed by atoms with Crippen LogP contribution < -0.4 is 23.8 Å². The van der Waals surface area contributed by atoms with Crippen LogP contribution in [0.2, 0.25) is 0 Å². The lowest BCUT2D eigenvalue weighted by Crippen LogP contribution is -2.37. The molecule has 3 heterocycles. The molecule has 1 fully saturated rings. The van der Waals surface area contributed by atoms with Crippen LogP contribution in [0.15, 0.2) is 36.4 Å². The fraction of sp³-hybridized carbons (Fsp3) is 0.407. The lowest BCUT2D eigenvalue weighted by Gasteiger charge is -2.28. The zero-order valence-corrected chi connectivity index (χ0v) is 21.1. The molecule has 0 unspecified atom stereocenters. The van der Waals surface area contributed by atoms with E-state index < -0.39 is 0 Å². The monoisotopic (exact) mass is 493 g/mol. The Hall–Kier alpha value is -3.72. The predicted octanol–water partition coefficient (Wildman–Crippen LogP) is 3.87. The van der Waals surface area contributed by atoms with E-state index in [0.29, 0.717) is 53.8 Å². The van der Waals surface area contributed by atoms with Crippen molar-refractivity contribution in [2.75, 3.05) is 53.2 Å². The van der Waals surface area contributed by atoms with Crippen LogP contribution in [0.1, 0.15) is 28.8 Å². The number of carbonyl (C=O) groups is 1. The minimum Gasteiger partial charge on any atom is -0.496 e. The van der Waals surface area contributed by atoms with Gasteiger partial charge in [-0.2, -0.15) is 0 Å². The number of pyridine rings is 1. The van der Waals surface area contributed by atoms with E-state index in [1.807, 2.05) is 42.1 Å². The number of aromatic nitrogens is 1. The molecule has 190 valence electrons. The number of hydrogen-bond donors (Lipinski definition) is 0. The number of fused-ring (bicyclic) bond motifs is 2. The summed E-state index contributed by atoms with van der Waals surface area (Å²) in [7, 11) is 7.13. The van der Waals surface area contributed by atoms with Crippen LogP contribution in [0.25, 0.3) is 10.9 Å². The second kappa shape index (κ2) is 10.1. The standard InChI is InChI=1S/C27H31N3O6/c1-29(2)26-18(12-20-21(32-3)9-10-23(33-4)25(20)28-26)14-30(15-19-6-5-11-34-19)27(31)17-7-8-22-24(13-17)36-16-35-22/h7-10,12-13,19H,5-6,11,14-16H2,1-4H3/t19-/m0/s1. The summed E-state index contributed by atoms with van der Waals surface area (Å²) in [5.74, 6) is 3.23. The molecular formula is C27H31N3O6. The first kappa shape index (κ1) is 24.0. The third-order valence-electron chi connectivity index (χ3n) is 6.54. The first-order chi connectivity index (χ1) is 17.5. The summed E-state index contributed by atoms with van der Waals surface area (Å²) < 4.78 is 28.0. The van der Waals surface area contributed by atoms with Crippen LogP contribution in [-0.2, 0) is 11.3 Å². The van der Waals surface area contributed by atoms with Crippen molar-refractivity contribution in [2.45, 2.75) is 25.5 Å². The molecule has 1 aromatic heterocycles. The van der Waals surface area contributed by atoms with Crippen molar-refractivity contribution >= 4 is 22.6 Å². The Balaban J connectivity index is 1.55. The van der Waals surface area contributed by atoms with Gasteiger partial charge in [-0.25, -0.2) is 4.98 Å². The number of nitrogens with zero attached hydrogens (tertiary/aromatic N) is 3. The number of amides is 1. The molecule has 0 aliphatic carbocycles. The maximum atomic E-state index is 13.8. The molecule has 0 spiro atoms. The minimum absolute atomic E-state index is 0.00573. The van der Waals surface area contributed by atoms with E-state index in [2.05, 4.69) is 0 Å². The van der Waals surface area contributed by atoms with E-state index in [1.165, 1.54) is 0 Å². The van der Waals surface area contributed by atoms with Gasteiger partial charge in [0.05, 0.1) is 20.3 Å². The smallest absolute Gasteiger partial charge is 0.254 e. The van der Waals surface area contributed by atoms with Gasteiger partial charge in [0.2, 0.25) is 6.79 Å². The number of methoxy groups -OCH3 is 2. The summed E-state index contributed by atoms with van der Waals surface area (Å²) in [6.07, 6.45) is 1.91. The maximum absolute atomic E-state index is 13.8. The molecule has 36 heavy (non-hydrogen) atoms. The molecule has 9 heteroatoms. The highest BCUT2D eigenvalue weighted by atomic mass is 16.7. The van der Waals surface area contributed by atoms with Gasteiger partial charge in [-0.15, -0.1) is 0 Å². The third kappa shape index (κ3) is 4.58. The van der Waals surface area contributed by atoms with Gasteiger partial charge in [0.15, 0.2) is 11.5 Å². The predicted molar refractivity (Wildman–Crippen MR) is 135 cm³/mol. The molecule has 0 radical (unpaired) electrons. The van der Waals surface area contributed by atoms with E-state index in [0.717, 1.165) is 29.6 Å². The van der Waals surface area contributed by atoms with Gasteiger partial charge in [0, 0.05) is 50.3 Å². The Bertz CT molecular complexity index is 1270.